The second-order valence-corrected chi connectivity index (χ2v) is 3.02. The minimum atomic E-state index is -2.88. The first-order valence-corrected chi connectivity index (χ1v) is 4.36. The Morgan fingerprint density at radius 2 is 2.00 bits per heavy atom. The van der Waals surface area contributed by atoms with E-state index in [2.05, 4.69) is 0 Å². The third-order valence-corrected chi connectivity index (χ3v) is 1.74. The van der Waals surface area contributed by atoms with Gasteiger partial charge in [-0.15, -0.1) is 0 Å². The van der Waals surface area contributed by atoms with Crippen molar-refractivity contribution in [3.63, 3.8) is 0 Å². The maximum Gasteiger partial charge on any atom is 0.274 e. The summed E-state index contributed by atoms with van der Waals surface area (Å²) >= 11 is 0. The average molecular weight is 201 g/mol. The maximum absolute atomic E-state index is 13.0. The molecule has 0 aliphatic rings. The number of benzene rings is 1. The summed E-state index contributed by atoms with van der Waals surface area (Å²) < 4.78 is 31.2. The van der Waals surface area contributed by atoms with E-state index in [1.807, 2.05) is 0 Å². The summed E-state index contributed by atoms with van der Waals surface area (Å²) in [6.45, 7) is 1.40. The normalized spacial score (nSPS) is 11.4. The van der Waals surface area contributed by atoms with Gasteiger partial charge in [0.1, 0.15) is 12.4 Å². The van der Waals surface area contributed by atoms with Crippen molar-refractivity contribution in [2.45, 2.75) is 12.8 Å². The molecule has 0 aliphatic carbocycles. The van der Waals surface area contributed by atoms with Crippen LogP contribution >= 0.6 is 0 Å². The summed E-state index contributed by atoms with van der Waals surface area (Å²) in [6.07, 6.45) is 0. The SMILES string of the molecule is CC(F)(F)c1ccccc1OCCN. The molecule has 78 valence electrons. The Bertz CT molecular complexity index is 296. The van der Waals surface area contributed by atoms with Crippen molar-refractivity contribution < 1.29 is 13.5 Å². The molecule has 14 heavy (non-hydrogen) atoms. The van der Waals surface area contributed by atoms with E-state index in [0.717, 1.165) is 6.92 Å². The summed E-state index contributed by atoms with van der Waals surface area (Å²) in [5.74, 6) is -2.68. The number of rotatable bonds is 4. The van der Waals surface area contributed by atoms with Crippen LogP contribution in [0, 0.1) is 0 Å². The first-order valence-electron chi connectivity index (χ1n) is 4.36. The molecule has 4 heteroatoms. The van der Waals surface area contributed by atoms with Gasteiger partial charge < -0.3 is 10.5 Å². The molecule has 2 N–H and O–H groups in total. The van der Waals surface area contributed by atoms with Crippen LogP contribution in [0.5, 0.6) is 5.75 Å². The Balaban J connectivity index is 2.92. The lowest BCUT2D eigenvalue weighted by Crippen LogP contribution is -2.14. The van der Waals surface area contributed by atoms with Crippen LogP contribution in [0.25, 0.3) is 0 Å². The van der Waals surface area contributed by atoms with E-state index in [0.29, 0.717) is 6.54 Å². The molecule has 0 aliphatic heterocycles. The van der Waals surface area contributed by atoms with Crippen LogP contribution in [0.3, 0.4) is 0 Å². The molecule has 0 saturated heterocycles. The van der Waals surface area contributed by atoms with Crippen LogP contribution in [0.15, 0.2) is 24.3 Å². The van der Waals surface area contributed by atoms with E-state index in [1.54, 1.807) is 12.1 Å². The molecule has 0 fully saturated rings. The van der Waals surface area contributed by atoms with Crippen LogP contribution in [-0.4, -0.2) is 13.2 Å². The zero-order valence-corrected chi connectivity index (χ0v) is 7.97. The fourth-order valence-corrected chi connectivity index (χ4v) is 1.12. The second-order valence-electron chi connectivity index (χ2n) is 3.02. The number of nitrogens with two attached hydrogens (primary N) is 1. The van der Waals surface area contributed by atoms with Gasteiger partial charge in [-0.05, 0) is 12.1 Å². The number of alkyl halides is 2. The smallest absolute Gasteiger partial charge is 0.274 e. The summed E-state index contributed by atoms with van der Waals surface area (Å²) in [5, 5.41) is 0. The second kappa shape index (κ2) is 4.37. The van der Waals surface area contributed by atoms with Crippen LogP contribution in [0.1, 0.15) is 12.5 Å². The van der Waals surface area contributed by atoms with Gasteiger partial charge in [0.05, 0.1) is 5.56 Å². The van der Waals surface area contributed by atoms with Gasteiger partial charge in [-0.3, -0.25) is 0 Å². The van der Waals surface area contributed by atoms with Crippen molar-refractivity contribution in [1.82, 2.24) is 0 Å². The highest BCUT2D eigenvalue weighted by Gasteiger charge is 2.27. The molecule has 0 bridgehead atoms. The molecule has 0 radical (unpaired) electrons. The predicted octanol–water partition coefficient (Wildman–Crippen LogP) is 2.14. The number of para-hydroxylation sites is 1. The highest BCUT2D eigenvalue weighted by atomic mass is 19.3. The third-order valence-electron chi connectivity index (χ3n) is 1.74. The Labute approximate surface area is 81.7 Å². The van der Waals surface area contributed by atoms with Gasteiger partial charge in [0.25, 0.3) is 5.92 Å². The molecular formula is C10H13F2NO. The zero-order valence-electron chi connectivity index (χ0n) is 7.97. The molecule has 0 heterocycles. The molecule has 0 unspecified atom stereocenters. The van der Waals surface area contributed by atoms with E-state index < -0.39 is 5.92 Å². The van der Waals surface area contributed by atoms with Gasteiger partial charge in [0, 0.05) is 13.5 Å². The number of ether oxygens (including phenoxy) is 1. The molecular weight excluding hydrogens is 188 g/mol. The van der Waals surface area contributed by atoms with E-state index in [9.17, 15) is 8.78 Å². The molecule has 1 rings (SSSR count). The van der Waals surface area contributed by atoms with Gasteiger partial charge >= 0.3 is 0 Å². The molecule has 0 aromatic heterocycles. The molecule has 0 amide bonds. The van der Waals surface area contributed by atoms with Crippen LogP contribution < -0.4 is 10.5 Å². The molecule has 1 aromatic rings. The minimum Gasteiger partial charge on any atom is -0.492 e. The monoisotopic (exact) mass is 201 g/mol. The minimum absolute atomic E-state index is 0.103. The summed E-state index contributed by atoms with van der Waals surface area (Å²) in [5.41, 5.74) is 5.12. The van der Waals surface area contributed by atoms with E-state index in [1.165, 1.54) is 12.1 Å². The largest absolute Gasteiger partial charge is 0.492 e. The van der Waals surface area contributed by atoms with E-state index in [-0.39, 0.29) is 17.9 Å². The van der Waals surface area contributed by atoms with Crippen molar-refractivity contribution in [2.24, 2.45) is 5.73 Å². The topological polar surface area (TPSA) is 35.2 Å². The lowest BCUT2D eigenvalue weighted by molar-refractivity contribution is 0.0145. The highest BCUT2D eigenvalue weighted by molar-refractivity contribution is 5.36. The Morgan fingerprint density at radius 3 is 2.57 bits per heavy atom. The fraction of sp³-hybridized carbons (Fsp3) is 0.400. The van der Waals surface area contributed by atoms with Gasteiger partial charge in [-0.1, -0.05) is 12.1 Å². The lowest BCUT2D eigenvalue weighted by atomic mass is 10.1. The van der Waals surface area contributed by atoms with Crippen molar-refractivity contribution >= 4 is 0 Å². The van der Waals surface area contributed by atoms with Gasteiger partial charge in [0.2, 0.25) is 0 Å². The quantitative estimate of drug-likeness (QED) is 0.809. The van der Waals surface area contributed by atoms with Crippen LogP contribution in [0.2, 0.25) is 0 Å². The van der Waals surface area contributed by atoms with Crippen molar-refractivity contribution in [2.75, 3.05) is 13.2 Å². The molecule has 1 aromatic carbocycles. The maximum atomic E-state index is 13.0. The Morgan fingerprint density at radius 1 is 1.36 bits per heavy atom. The Hall–Kier alpha value is -1.16. The Kier molecular flexibility index (Phi) is 3.41. The fourth-order valence-electron chi connectivity index (χ4n) is 1.12. The van der Waals surface area contributed by atoms with Gasteiger partial charge in [0.15, 0.2) is 0 Å². The van der Waals surface area contributed by atoms with Crippen molar-refractivity contribution in [1.29, 1.82) is 0 Å². The number of hydrogen-bond donors (Lipinski definition) is 1. The zero-order chi connectivity index (χ0) is 10.6. The molecule has 0 saturated carbocycles. The molecule has 2 nitrogen and oxygen atoms in total. The van der Waals surface area contributed by atoms with Gasteiger partial charge in [-0.2, -0.15) is 0 Å². The average Bonchev–Trinajstić information content (AvgIpc) is 2.14. The number of hydrogen-bond acceptors (Lipinski definition) is 2. The van der Waals surface area contributed by atoms with Crippen LogP contribution in [0.4, 0.5) is 8.78 Å². The first-order chi connectivity index (χ1) is 6.55. The van der Waals surface area contributed by atoms with Gasteiger partial charge in [-0.25, -0.2) is 8.78 Å². The molecule has 0 spiro atoms. The summed E-state index contributed by atoms with van der Waals surface area (Å²) in [7, 11) is 0. The highest BCUT2D eigenvalue weighted by Crippen LogP contribution is 2.33. The summed E-state index contributed by atoms with van der Waals surface area (Å²) in [6, 6.07) is 6.08. The predicted molar refractivity (Wildman–Crippen MR) is 50.6 cm³/mol. The summed E-state index contributed by atoms with van der Waals surface area (Å²) in [4.78, 5) is 0. The molecule has 0 atom stereocenters. The first kappa shape index (κ1) is 10.9. The van der Waals surface area contributed by atoms with E-state index in [4.69, 9.17) is 10.5 Å². The van der Waals surface area contributed by atoms with Crippen molar-refractivity contribution in [3.8, 4) is 5.75 Å². The third kappa shape index (κ3) is 2.67. The number of halogens is 2. The standard InChI is InChI=1S/C10H13F2NO/c1-10(11,12)8-4-2-3-5-9(8)14-7-6-13/h2-5H,6-7,13H2,1H3. The lowest BCUT2D eigenvalue weighted by Gasteiger charge is -2.15. The van der Waals surface area contributed by atoms with Crippen molar-refractivity contribution in [3.05, 3.63) is 29.8 Å². The van der Waals surface area contributed by atoms with Crippen LogP contribution in [-0.2, 0) is 5.92 Å². The van der Waals surface area contributed by atoms with E-state index >= 15 is 0 Å².